The monoisotopic (exact) mass is 291 g/mol. The molecular weight excluding hydrogens is 265 g/mol. The fourth-order valence-electron chi connectivity index (χ4n) is 3.55. The standard InChI is InChI=1S/C17H26FN3/c1-14(20-11-7-19-8-12-20)16-13-15(18)5-6-17(16)21-9-3-2-4-10-21/h5-6,13-14,19H,2-4,7-12H2,1H3. The number of rotatable bonds is 3. The minimum absolute atomic E-state index is 0.118. The molecule has 1 aromatic carbocycles. The Morgan fingerprint density at radius 3 is 2.48 bits per heavy atom. The third-order valence-electron chi connectivity index (χ3n) is 4.84. The van der Waals surface area contributed by atoms with Gasteiger partial charge in [0.2, 0.25) is 0 Å². The van der Waals surface area contributed by atoms with Gasteiger partial charge in [0.1, 0.15) is 5.82 Å². The summed E-state index contributed by atoms with van der Waals surface area (Å²) in [5, 5.41) is 3.38. The van der Waals surface area contributed by atoms with Gasteiger partial charge in [-0.2, -0.15) is 0 Å². The molecule has 0 saturated carbocycles. The average Bonchev–Trinajstić information content (AvgIpc) is 2.56. The van der Waals surface area contributed by atoms with Gasteiger partial charge in [0.25, 0.3) is 0 Å². The normalized spacial score (nSPS) is 22.3. The predicted molar refractivity (Wildman–Crippen MR) is 85.3 cm³/mol. The van der Waals surface area contributed by atoms with Crippen LogP contribution in [0.4, 0.5) is 10.1 Å². The fraction of sp³-hybridized carbons (Fsp3) is 0.647. The molecule has 1 N–H and O–H groups in total. The summed E-state index contributed by atoms with van der Waals surface area (Å²) in [6.45, 7) is 8.55. The van der Waals surface area contributed by atoms with E-state index in [2.05, 4.69) is 22.0 Å². The number of anilines is 1. The predicted octanol–water partition coefficient (Wildman–Crippen LogP) is 2.78. The van der Waals surface area contributed by atoms with Crippen LogP contribution in [0.3, 0.4) is 0 Å². The van der Waals surface area contributed by atoms with E-state index >= 15 is 0 Å². The quantitative estimate of drug-likeness (QED) is 0.924. The van der Waals surface area contributed by atoms with E-state index in [4.69, 9.17) is 0 Å². The summed E-state index contributed by atoms with van der Waals surface area (Å²) in [5.74, 6) is -0.118. The van der Waals surface area contributed by atoms with E-state index in [1.807, 2.05) is 6.07 Å². The van der Waals surface area contributed by atoms with Gasteiger partial charge in [-0.1, -0.05) is 0 Å². The molecule has 0 aromatic heterocycles. The number of hydrogen-bond acceptors (Lipinski definition) is 3. The van der Waals surface area contributed by atoms with Gasteiger partial charge in [-0.15, -0.1) is 0 Å². The summed E-state index contributed by atoms with van der Waals surface area (Å²) >= 11 is 0. The fourth-order valence-corrected chi connectivity index (χ4v) is 3.55. The van der Waals surface area contributed by atoms with E-state index < -0.39 is 0 Å². The molecule has 3 rings (SSSR count). The molecule has 2 heterocycles. The molecule has 0 amide bonds. The second-order valence-electron chi connectivity index (χ2n) is 6.21. The molecule has 2 saturated heterocycles. The van der Waals surface area contributed by atoms with Crippen molar-refractivity contribution in [2.24, 2.45) is 0 Å². The Kier molecular flexibility index (Phi) is 4.76. The van der Waals surface area contributed by atoms with Crippen LogP contribution >= 0.6 is 0 Å². The summed E-state index contributed by atoms with van der Waals surface area (Å²) in [7, 11) is 0. The van der Waals surface area contributed by atoms with Crippen molar-refractivity contribution in [2.75, 3.05) is 44.2 Å². The summed E-state index contributed by atoms with van der Waals surface area (Å²) in [4.78, 5) is 4.90. The Morgan fingerprint density at radius 2 is 1.76 bits per heavy atom. The van der Waals surface area contributed by atoms with Gasteiger partial charge in [0, 0.05) is 51.0 Å². The van der Waals surface area contributed by atoms with Crippen LogP contribution in [-0.2, 0) is 0 Å². The molecule has 21 heavy (non-hydrogen) atoms. The molecule has 1 unspecified atom stereocenters. The molecule has 0 radical (unpaired) electrons. The lowest BCUT2D eigenvalue weighted by Gasteiger charge is -2.37. The van der Waals surface area contributed by atoms with Crippen molar-refractivity contribution in [1.29, 1.82) is 0 Å². The molecule has 3 nitrogen and oxygen atoms in total. The van der Waals surface area contributed by atoms with Crippen LogP contribution in [0.5, 0.6) is 0 Å². The highest BCUT2D eigenvalue weighted by molar-refractivity contribution is 5.55. The summed E-state index contributed by atoms with van der Waals surface area (Å²) < 4.78 is 13.8. The first-order chi connectivity index (χ1) is 10.3. The van der Waals surface area contributed by atoms with Crippen molar-refractivity contribution in [2.45, 2.75) is 32.2 Å². The maximum atomic E-state index is 13.8. The van der Waals surface area contributed by atoms with Crippen molar-refractivity contribution in [1.82, 2.24) is 10.2 Å². The number of nitrogens with zero attached hydrogens (tertiary/aromatic N) is 2. The van der Waals surface area contributed by atoms with E-state index in [0.717, 1.165) is 44.8 Å². The Morgan fingerprint density at radius 1 is 1.05 bits per heavy atom. The Labute approximate surface area is 127 Å². The molecule has 2 fully saturated rings. The van der Waals surface area contributed by atoms with E-state index in [-0.39, 0.29) is 11.9 Å². The Bertz CT molecular complexity index is 465. The molecule has 1 aromatic rings. The van der Waals surface area contributed by atoms with Crippen LogP contribution < -0.4 is 10.2 Å². The third kappa shape index (κ3) is 3.38. The first kappa shape index (κ1) is 14.8. The maximum Gasteiger partial charge on any atom is 0.123 e. The van der Waals surface area contributed by atoms with Crippen LogP contribution in [0.15, 0.2) is 18.2 Å². The molecule has 0 aliphatic carbocycles. The number of piperazine rings is 1. The second kappa shape index (κ2) is 6.75. The lowest BCUT2D eigenvalue weighted by atomic mass is 10.0. The molecular formula is C17H26FN3. The lowest BCUT2D eigenvalue weighted by Crippen LogP contribution is -2.44. The number of piperidine rings is 1. The SMILES string of the molecule is CC(c1cc(F)ccc1N1CCCCC1)N1CCNCC1. The van der Waals surface area contributed by atoms with Gasteiger partial charge in [-0.25, -0.2) is 4.39 Å². The number of hydrogen-bond donors (Lipinski definition) is 1. The third-order valence-corrected chi connectivity index (χ3v) is 4.84. The Balaban J connectivity index is 1.86. The van der Waals surface area contributed by atoms with Crippen molar-refractivity contribution in [3.05, 3.63) is 29.6 Å². The lowest BCUT2D eigenvalue weighted by molar-refractivity contribution is 0.185. The zero-order valence-electron chi connectivity index (χ0n) is 12.9. The molecule has 1 atom stereocenters. The van der Waals surface area contributed by atoms with Gasteiger partial charge >= 0.3 is 0 Å². The van der Waals surface area contributed by atoms with E-state index in [0.29, 0.717) is 0 Å². The summed E-state index contributed by atoms with van der Waals surface area (Å²) in [5.41, 5.74) is 2.39. The van der Waals surface area contributed by atoms with Crippen LogP contribution in [0.1, 0.15) is 37.8 Å². The van der Waals surface area contributed by atoms with Gasteiger partial charge in [0.15, 0.2) is 0 Å². The summed E-state index contributed by atoms with van der Waals surface area (Å²) in [6.07, 6.45) is 3.82. The van der Waals surface area contributed by atoms with Crippen LogP contribution in [0.2, 0.25) is 0 Å². The average molecular weight is 291 g/mol. The molecule has 116 valence electrons. The van der Waals surface area contributed by atoms with E-state index in [9.17, 15) is 4.39 Å². The zero-order valence-corrected chi connectivity index (χ0v) is 12.9. The highest BCUT2D eigenvalue weighted by Crippen LogP contribution is 2.32. The summed E-state index contributed by atoms with van der Waals surface area (Å²) in [6, 6.07) is 5.61. The van der Waals surface area contributed by atoms with Gasteiger partial charge in [-0.3, -0.25) is 4.90 Å². The van der Waals surface area contributed by atoms with Crippen molar-refractivity contribution in [3.63, 3.8) is 0 Å². The largest absolute Gasteiger partial charge is 0.371 e. The second-order valence-corrected chi connectivity index (χ2v) is 6.21. The molecule has 0 spiro atoms. The molecule has 4 heteroatoms. The van der Waals surface area contributed by atoms with Gasteiger partial charge < -0.3 is 10.2 Å². The topological polar surface area (TPSA) is 18.5 Å². The highest BCUT2D eigenvalue weighted by Gasteiger charge is 2.23. The van der Waals surface area contributed by atoms with Gasteiger partial charge in [0.05, 0.1) is 0 Å². The zero-order chi connectivity index (χ0) is 14.7. The molecule has 2 aliphatic rings. The van der Waals surface area contributed by atoms with Crippen molar-refractivity contribution in [3.8, 4) is 0 Å². The van der Waals surface area contributed by atoms with Crippen molar-refractivity contribution >= 4 is 5.69 Å². The van der Waals surface area contributed by atoms with Crippen molar-refractivity contribution < 1.29 is 4.39 Å². The maximum absolute atomic E-state index is 13.8. The minimum Gasteiger partial charge on any atom is -0.371 e. The van der Waals surface area contributed by atoms with E-state index in [1.54, 1.807) is 12.1 Å². The smallest absolute Gasteiger partial charge is 0.123 e. The first-order valence-corrected chi connectivity index (χ1v) is 8.25. The van der Waals surface area contributed by atoms with Crippen LogP contribution in [0, 0.1) is 5.82 Å². The van der Waals surface area contributed by atoms with Crippen LogP contribution in [-0.4, -0.2) is 44.2 Å². The first-order valence-electron chi connectivity index (χ1n) is 8.25. The number of nitrogens with one attached hydrogen (secondary N) is 1. The molecule has 0 bridgehead atoms. The van der Waals surface area contributed by atoms with E-state index in [1.165, 1.54) is 24.9 Å². The Hall–Kier alpha value is -1.13. The molecule has 2 aliphatic heterocycles. The number of benzene rings is 1. The number of halogens is 1. The van der Waals surface area contributed by atoms with Gasteiger partial charge in [-0.05, 0) is 49.9 Å². The highest BCUT2D eigenvalue weighted by atomic mass is 19.1. The van der Waals surface area contributed by atoms with Crippen LogP contribution in [0.25, 0.3) is 0 Å². The minimum atomic E-state index is -0.118.